The third-order valence-electron chi connectivity index (χ3n) is 6.09. The van der Waals surface area contributed by atoms with E-state index in [1.165, 1.54) is 11.1 Å². The first-order chi connectivity index (χ1) is 15.7. The fraction of sp³-hybridized carbons (Fsp3) is 0.360. The molecule has 5 rings (SSSR count). The normalized spacial score (nSPS) is 19.9. The lowest BCUT2D eigenvalue weighted by atomic mass is 9.84. The van der Waals surface area contributed by atoms with Gasteiger partial charge in [-0.1, -0.05) is 18.2 Å². The van der Waals surface area contributed by atoms with Crippen molar-refractivity contribution in [2.24, 2.45) is 0 Å². The molecule has 164 valence electrons. The zero-order chi connectivity index (χ0) is 21.9. The third-order valence-corrected chi connectivity index (χ3v) is 6.09. The van der Waals surface area contributed by atoms with Crippen LogP contribution in [0.15, 0.2) is 48.9 Å². The fourth-order valence-corrected chi connectivity index (χ4v) is 4.34. The number of hydrogen-bond acceptors (Lipinski definition) is 6. The molecule has 2 aromatic heterocycles. The summed E-state index contributed by atoms with van der Waals surface area (Å²) in [5.41, 5.74) is 5.27. The van der Waals surface area contributed by atoms with Crippen LogP contribution in [-0.2, 0) is 17.6 Å². The minimum absolute atomic E-state index is 0.0395. The maximum Gasteiger partial charge on any atom is 0.253 e. The van der Waals surface area contributed by atoms with E-state index >= 15 is 0 Å². The molecule has 2 unspecified atom stereocenters. The summed E-state index contributed by atoms with van der Waals surface area (Å²) in [4.78, 5) is 25.8. The molecule has 0 radical (unpaired) electrons. The van der Waals surface area contributed by atoms with Gasteiger partial charge in [-0.05, 0) is 48.9 Å². The van der Waals surface area contributed by atoms with Gasteiger partial charge >= 0.3 is 0 Å². The molecular weight excluding hydrogens is 404 g/mol. The Hall–Kier alpha value is -3.32. The number of nitrogens with one attached hydrogen (secondary N) is 1. The molecule has 7 heteroatoms. The van der Waals surface area contributed by atoms with Gasteiger partial charge in [0.05, 0.1) is 18.8 Å². The van der Waals surface area contributed by atoms with Gasteiger partial charge in [-0.2, -0.15) is 0 Å². The molecule has 1 aliphatic carbocycles. The summed E-state index contributed by atoms with van der Waals surface area (Å²) in [5.74, 6) is 1.16. The SMILES string of the molecule is Cc1ncc(-c2cccc3c2CC(NC(=O)c2ccc(OC4CCOC4)nc2)CC3)cn1. The van der Waals surface area contributed by atoms with Crippen LogP contribution in [0.25, 0.3) is 11.1 Å². The number of fused-ring (bicyclic) bond motifs is 1. The number of aromatic nitrogens is 3. The van der Waals surface area contributed by atoms with Crippen LogP contribution in [0.5, 0.6) is 5.88 Å². The highest BCUT2D eigenvalue weighted by Gasteiger charge is 2.24. The minimum atomic E-state index is -0.113. The summed E-state index contributed by atoms with van der Waals surface area (Å²) in [5, 5.41) is 3.19. The number of nitrogens with zero attached hydrogens (tertiary/aromatic N) is 3. The molecular formula is C25H26N4O3. The number of carbonyl (C=O) groups is 1. The van der Waals surface area contributed by atoms with E-state index in [9.17, 15) is 4.79 Å². The van der Waals surface area contributed by atoms with Crippen LogP contribution >= 0.6 is 0 Å². The highest BCUT2D eigenvalue weighted by Crippen LogP contribution is 2.31. The van der Waals surface area contributed by atoms with Crippen LogP contribution in [0.4, 0.5) is 0 Å². The number of aryl methyl sites for hydroxylation is 2. The Kier molecular flexibility index (Phi) is 5.81. The highest BCUT2D eigenvalue weighted by atomic mass is 16.5. The smallest absolute Gasteiger partial charge is 0.253 e. The van der Waals surface area contributed by atoms with Crippen molar-refractivity contribution in [3.8, 4) is 17.0 Å². The molecule has 3 aromatic rings. The molecule has 1 fully saturated rings. The Morgan fingerprint density at radius 3 is 2.72 bits per heavy atom. The van der Waals surface area contributed by atoms with Gasteiger partial charge < -0.3 is 14.8 Å². The lowest BCUT2D eigenvalue weighted by molar-refractivity contribution is 0.0933. The number of amides is 1. The van der Waals surface area contributed by atoms with Crippen LogP contribution < -0.4 is 10.1 Å². The van der Waals surface area contributed by atoms with Crippen molar-refractivity contribution in [3.63, 3.8) is 0 Å². The Labute approximate surface area is 187 Å². The van der Waals surface area contributed by atoms with Gasteiger partial charge in [0.15, 0.2) is 0 Å². The molecule has 0 bridgehead atoms. The molecule has 0 saturated carbocycles. The Balaban J connectivity index is 1.27. The highest BCUT2D eigenvalue weighted by molar-refractivity contribution is 5.94. The molecule has 2 atom stereocenters. The van der Waals surface area contributed by atoms with Crippen LogP contribution in [0.2, 0.25) is 0 Å². The molecule has 32 heavy (non-hydrogen) atoms. The second-order valence-electron chi connectivity index (χ2n) is 8.36. The van der Waals surface area contributed by atoms with Gasteiger partial charge in [-0.25, -0.2) is 15.0 Å². The van der Waals surface area contributed by atoms with E-state index in [0.29, 0.717) is 24.7 Å². The standard InChI is InChI=1S/C25H26N4O3/c1-16-26-13-19(14-27-16)22-4-2-3-17-5-7-20(11-23(17)22)29-25(30)18-6-8-24(28-12-18)32-21-9-10-31-15-21/h2-4,6,8,12-14,20-21H,5,7,9-11,15H2,1H3,(H,29,30). The molecule has 2 aliphatic rings. The van der Waals surface area contributed by atoms with Gasteiger partial charge in [0.25, 0.3) is 5.91 Å². The molecule has 1 saturated heterocycles. The van der Waals surface area contributed by atoms with Crippen molar-refractivity contribution in [2.75, 3.05) is 13.2 Å². The van der Waals surface area contributed by atoms with Crippen molar-refractivity contribution in [2.45, 2.75) is 44.8 Å². The molecule has 7 nitrogen and oxygen atoms in total. The van der Waals surface area contributed by atoms with Gasteiger partial charge in [0.2, 0.25) is 5.88 Å². The van der Waals surface area contributed by atoms with E-state index < -0.39 is 0 Å². The zero-order valence-electron chi connectivity index (χ0n) is 18.1. The summed E-state index contributed by atoms with van der Waals surface area (Å²) in [6.45, 7) is 3.19. The second kappa shape index (κ2) is 9.04. The number of pyridine rings is 1. The monoisotopic (exact) mass is 430 g/mol. The summed E-state index contributed by atoms with van der Waals surface area (Å²) >= 11 is 0. The maximum absolute atomic E-state index is 12.8. The second-order valence-corrected chi connectivity index (χ2v) is 8.36. The number of carbonyl (C=O) groups excluding carboxylic acids is 1. The first kappa shape index (κ1) is 20.6. The van der Waals surface area contributed by atoms with Crippen molar-refractivity contribution in [1.82, 2.24) is 20.3 Å². The molecule has 1 amide bonds. The van der Waals surface area contributed by atoms with E-state index in [-0.39, 0.29) is 18.1 Å². The van der Waals surface area contributed by atoms with Crippen LogP contribution in [0.1, 0.15) is 40.2 Å². The Morgan fingerprint density at radius 2 is 1.97 bits per heavy atom. The van der Waals surface area contributed by atoms with Crippen LogP contribution in [0.3, 0.4) is 0 Å². The number of hydrogen-bond donors (Lipinski definition) is 1. The minimum Gasteiger partial charge on any atom is -0.472 e. The van der Waals surface area contributed by atoms with E-state index in [1.807, 2.05) is 19.3 Å². The lowest BCUT2D eigenvalue weighted by Crippen LogP contribution is -2.39. The van der Waals surface area contributed by atoms with Crippen LogP contribution in [0, 0.1) is 6.92 Å². The van der Waals surface area contributed by atoms with E-state index in [2.05, 4.69) is 38.5 Å². The molecule has 1 aliphatic heterocycles. The van der Waals surface area contributed by atoms with Crippen molar-refractivity contribution in [1.29, 1.82) is 0 Å². The van der Waals surface area contributed by atoms with Gasteiger partial charge in [-0.15, -0.1) is 0 Å². The number of ether oxygens (including phenoxy) is 2. The predicted octanol–water partition coefficient (Wildman–Crippen LogP) is 3.30. The first-order valence-electron chi connectivity index (χ1n) is 11.1. The lowest BCUT2D eigenvalue weighted by Gasteiger charge is -2.27. The molecule has 1 aromatic carbocycles. The van der Waals surface area contributed by atoms with Gasteiger partial charge in [0, 0.05) is 42.7 Å². The molecule has 3 heterocycles. The Morgan fingerprint density at radius 1 is 1.09 bits per heavy atom. The first-order valence-corrected chi connectivity index (χ1v) is 11.1. The quantitative estimate of drug-likeness (QED) is 0.668. The topological polar surface area (TPSA) is 86.2 Å². The van der Waals surface area contributed by atoms with Gasteiger partial charge in [0.1, 0.15) is 11.9 Å². The van der Waals surface area contributed by atoms with Crippen LogP contribution in [-0.4, -0.2) is 46.2 Å². The molecule has 0 spiro atoms. The van der Waals surface area contributed by atoms with E-state index in [1.54, 1.807) is 18.3 Å². The number of rotatable bonds is 5. The van der Waals surface area contributed by atoms with Crippen molar-refractivity contribution >= 4 is 5.91 Å². The largest absolute Gasteiger partial charge is 0.472 e. The number of benzene rings is 1. The summed E-state index contributed by atoms with van der Waals surface area (Å²) in [7, 11) is 0. The van der Waals surface area contributed by atoms with E-state index in [4.69, 9.17) is 9.47 Å². The average Bonchev–Trinajstić information content (AvgIpc) is 3.33. The fourth-order valence-electron chi connectivity index (χ4n) is 4.34. The summed E-state index contributed by atoms with van der Waals surface area (Å²) < 4.78 is 11.1. The third kappa shape index (κ3) is 4.48. The predicted molar refractivity (Wildman–Crippen MR) is 120 cm³/mol. The summed E-state index contributed by atoms with van der Waals surface area (Å²) in [6, 6.07) is 9.94. The molecule has 1 N–H and O–H groups in total. The average molecular weight is 431 g/mol. The Bertz CT molecular complexity index is 1090. The maximum atomic E-state index is 12.8. The zero-order valence-corrected chi connectivity index (χ0v) is 18.1. The van der Waals surface area contributed by atoms with Crippen molar-refractivity contribution in [3.05, 3.63) is 71.4 Å². The summed E-state index contributed by atoms with van der Waals surface area (Å²) in [6.07, 6.45) is 8.83. The van der Waals surface area contributed by atoms with Gasteiger partial charge in [-0.3, -0.25) is 4.79 Å². The van der Waals surface area contributed by atoms with Crippen molar-refractivity contribution < 1.29 is 14.3 Å². The van der Waals surface area contributed by atoms with E-state index in [0.717, 1.165) is 42.6 Å².